The van der Waals surface area contributed by atoms with E-state index >= 15 is 0 Å². The van der Waals surface area contributed by atoms with Crippen LogP contribution in [0.2, 0.25) is 0 Å². The van der Waals surface area contributed by atoms with Crippen LogP contribution in [0.25, 0.3) is 0 Å². The fraction of sp³-hybridized carbons (Fsp3) is 0.615. The monoisotopic (exact) mass is 506 g/mol. The maximum absolute atomic E-state index is 13.2. The number of aromatic hydroxyl groups is 1. The van der Waals surface area contributed by atoms with E-state index in [1.54, 1.807) is 33.0 Å². The Bertz CT molecular complexity index is 950. The van der Waals surface area contributed by atoms with Gasteiger partial charge in [-0.05, 0) is 38.8 Å². The van der Waals surface area contributed by atoms with E-state index in [4.69, 9.17) is 14.2 Å². The molecule has 0 spiro atoms. The Balaban J connectivity index is 2.36. The van der Waals surface area contributed by atoms with E-state index in [0.717, 1.165) is 6.42 Å². The van der Waals surface area contributed by atoms with Gasteiger partial charge in [-0.2, -0.15) is 0 Å². The highest BCUT2D eigenvalue weighted by Crippen LogP contribution is 2.29. The van der Waals surface area contributed by atoms with Crippen molar-refractivity contribution in [2.24, 2.45) is 11.8 Å². The van der Waals surface area contributed by atoms with Crippen molar-refractivity contribution in [3.63, 3.8) is 0 Å². The average Bonchev–Trinajstić information content (AvgIpc) is 2.87. The molecule has 2 rings (SSSR count). The molecule has 0 saturated carbocycles. The molecule has 3 N–H and O–H groups in total. The lowest BCUT2D eigenvalue weighted by Gasteiger charge is -2.30. The van der Waals surface area contributed by atoms with E-state index < -0.39 is 60.0 Å². The molecule has 6 atom stereocenters. The Morgan fingerprint density at radius 2 is 1.78 bits per heavy atom. The second-order valence-electron chi connectivity index (χ2n) is 9.15. The second-order valence-corrected chi connectivity index (χ2v) is 9.15. The van der Waals surface area contributed by atoms with Gasteiger partial charge in [0.1, 0.15) is 12.2 Å². The summed E-state index contributed by atoms with van der Waals surface area (Å²) in [6.07, 6.45) is -0.677. The van der Waals surface area contributed by atoms with Gasteiger partial charge >= 0.3 is 17.9 Å². The van der Waals surface area contributed by atoms with Gasteiger partial charge in [-0.25, -0.2) is 4.79 Å². The molecule has 0 radical (unpaired) electrons. The molecule has 1 aliphatic heterocycles. The molecule has 1 saturated heterocycles. The lowest BCUT2D eigenvalue weighted by atomic mass is 9.92. The number of cyclic esters (lactones) is 2. The van der Waals surface area contributed by atoms with Gasteiger partial charge in [0.25, 0.3) is 5.91 Å². The standard InChI is InChI=1S/C26H38N2O8/c1-7-9-11-18-22(36-24(31)14(3)8-2)16(5)35-26(33)20(15(4)34-25(18)32)28-23(30)17-12-10-13-19(27-6)21(17)29/h10,12-16,18,20,22,27,29H,7-9,11H2,1-6H3,(H,28,30)/t14?,15-,16+,18-,20+,22+/m1/s1. The largest absolute Gasteiger partial charge is 0.505 e. The van der Waals surface area contributed by atoms with Gasteiger partial charge in [-0.15, -0.1) is 0 Å². The molecule has 1 heterocycles. The number of amides is 1. The first-order valence-corrected chi connectivity index (χ1v) is 12.5. The number of phenols is 1. The molecule has 1 aliphatic rings. The fourth-order valence-electron chi connectivity index (χ4n) is 3.94. The van der Waals surface area contributed by atoms with Gasteiger partial charge in [0.15, 0.2) is 17.9 Å². The number of rotatable bonds is 9. The number of unbranched alkanes of at least 4 members (excludes halogenated alkanes) is 1. The Kier molecular flexibility index (Phi) is 10.6. The highest BCUT2D eigenvalue weighted by molar-refractivity contribution is 6.00. The third kappa shape index (κ3) is 6.89. The van der Waals surface area contributed by atoms with Crippen LogP contribution >= 0.6 is 0 Å². The van der Waals surface area contributed by atoms with E-state index in [0.29, 0.717) is 24.9 Å². The highest BCUT2D eigenvalue weighted by Gasteiger charge is 2.44. The first-order valence-electron chi connectivity index (χ1n) is 12.5. The van der Waals surface area contributed by atoms with Crippen LogP contribution in [0.15, 0.2) is 18.2 Å². The molecule has 200 valence electrons. The number of hydrogen-bond acceptors (Lipinski definition) is 9. The van der Waals surface area contributed by atoms with E-state index in [1.807, 2.05) is 13.8 Å². The van der Waals surface area contributed by atoms with Crippen molar-refractivity contribution in [1.82, 2.24) is 5.32 Å². The van der Waals surface area contributed by atoms with E-state index in [2.05, 4.69) is 10.6 Å². The molecule has 1 fully saturated rings. The normalized spacial score (nSPS) is 25.3. The zero-order chi connectivity index (χ0) is 27.0. The summed E-state index contributed by atoms with van der Waals surface area (Å²) >= 11 is 0. The van der Waals surface area contributed by atoms with Gasteiger partial charge < -0.3 is 30.0 Å². The molecular formula is C26H38N2O8. The minimum absolute atomic E-state index is 0.0673. The third-order valence-electron chi connectivity index (χ3n) is 6.46. The molecule has 0 aliphatic carbocycles. The molecule has 1 unspecified atom stereocenters. The van der Waals surface area contributed by atoms with Crippen molar-refractivity contribution in [3.8, 4) is 5.75 Å². The van der Waals surface area contributed by atoms with Crippen molar-refractivity contribution in [3.05, 3.63) is 23.8 Å². The Morgan fingerprint density at radius 3 is 2.39 bits per heavy atom. The maximum Gasteiger partial charge on any atom is 0.332 e. The lowest BCUT2D eigenvalue weighted by molar-refractivity contribution is -0.177. The summed E-state index contributed by atoms with van der Waals surface area (Å²) in [7, 11) is 1.59. The Morgan fingerprint density at radius 1 is 1.11 bits per heavy atom. The number of anilines is 1. The van der Waals surface area contributed by atoms with Crippen molar-refractivity contribution in [2.45, 2.75) is 84.7 Å². The average molecular weight is 507 g/mol. The Hall–Kier alpha value is -3.30. The summed E-state index contributed by atoms with van der Waals surface area (Å²) in [6, 6.07) is 3.21. The van der Waals surface area contributed by atoms with Crippen LogP contribution in [0.5, 0.6) is 5.75 Å². The van der Waals surface area contributed by atoms with Crippen LogP contribution in [0.1, 0.15) is 70.7 Å². The number of carbonyl (C=O) groups excluding carboxylic acids is 4. The summed E-state index contributed by atoms with van der Waals surface area (Å²) in [5.74, 6) is -4.24. The smallest absolute Gasteiger partial charge is 0.332 e. The van der Waals surface area contributed by atoms with E-state index in [-0.39, 0.29) is 11.3 Å². The molecule has 0 bridgehead atoms. The van der Waals surface area contributed by atoms with Gasteiger partial charge in [0, 0.05) is 7.05 Å². The summed E-state index contributed by atoms with van der Waals surface area (Å²) in [4.78, 5) is 51.9. The number of hydrogen-bond donors (Lipinski definition) is 3. The number of para-hydroxylation sites is 1. The van der Waals surface area contributed by atoms with Gasteiger partial charge in [0.05, 0.1) is 23.1 Å². The first-order chi connectivity index (χ1) is 17.0. The number of benzene rings is 1. The zero-order valence-corrected chi connectivity index (χ0v) is 21.8. The molecular weight excluding hydrogens is 468 g/mol. The number of nitrogens with one attached hydrogen (secondary N) is 2. The SMILES string of the molecule is CCCC[C@H]1C(=O)O[C@H](C)[C@H](NC(=O)c2cccc(NC)c2O)C(=O)O[C@@H](C)[C@@H]1OC(=O)C(C)CC. The van der Waals surface area contributed by atoms with Gasteiger partial charge in [-0.1, -0.05) is 39.7 Å². The quantitative estimate of drug-likeness (QED) is 0.262. The van der Waals surface area contributed by atoms with Crippen LogP contribution in [0, 0.1) is 11.8 Å². The summed E-state index contributed by atoms with van der Waals surface area (Å²) in [6.45, 7) is 8.56. The molecule has 10 nitrogen and oxygen atoms in total. The minimum atomic E-state index is -1.35. The number of phenolic OH excluding ortho intramolecular Hbond substituents is 1. The van der Waals surface area contributed by atoms with Crippen LogP contribution in [-0.2, 0) is 28.6 Å². The number of esters is 3. The van der Waals surface area contributed by atoms with Gasteiger partial charge in [-0.3, -0.25) is 14.4 Å². The van der Waals surface area contributed by atoms with E-state index in [9.17, 15) is 24.3 Å². The summed E-state index contributed by atoms with van der Waals surface area (Å²) < 4.78 is 16.9. The molecule has 36 heavy (non-hydrogen) atoms. The topological polar surface area (TPSA) is 140 Å². The zero-order valence-electron chi connectivity index (χ0n) is 21.8. The molecule has 0 aromatic heterocycles. The summed E-state index contributed by atoms with van der Waals surface area (Å²) in [5.41, 5.74) is 0.264. The van der Waals surface area contributed by atoms with Crippen LogP contribution in [0.3, 0.4) is 0 Å². The Labute approximate surface area is 212 Å². The van der Waals surface area contributed by atoms with Crippen molar-refractivity contribution in [2.75, 3.05) is 12.4 Å². The van der Waals surface area contributed by atoms with E-state index in [1.165, 1.54) is 13.0 Å². The third-order valence-corrected chi connectivity index (χ3v) is 6.46. The maximum atomic E-state index is 13.2. The van der Waals surface area contributed by atoms with Crippen molar-refractivity contribution >= 4 is 29.5 Å². The highest BCUT2D eigenvalue weighted by atomic mass is 16.6. The lowest BCUT2D eigenvalue weighted by Crippen LogP contribution is -2.50. The second kappa shape index (κ2) is 13.1. The van der Waals surface area contributed by atoms with Crippen LogP contribution < -0.4 is 10.6 Å². The summed E-state index contributed by atoms with van der Waals surface area (Å²) in [5, 5.41) is 15.7. The first kappa shape index (κ1) is 28.9. The molecule has 1 amide bonds. The van der Waals surface area contributed by atoms with Gasteiger partial charge in [0.2, 0.25) is 0 Å². The molecule has 1 aromatic carbocycles. The van der Waals surface area contributed by atoms with Crippen molar-refractivity contribution in [1.29, 1.82) is 0 Å². The van der Waals surface area contributed by atoms with Crippen molar-refractivity contribution < 1.29 is 38.5 Å². The number of ether oxygens (including phenoxy) is 3. The number of carbonyl (C=O) groups is 4. The predicted octanol–water partition coefficient (Wildman–Crippen LogP) is 3.17. The van der Waals surface area contributed by atoms with Crippen LogP contribution in [0.4, 0.5) is 5.69 Å². The molecule has 10 heteroatoms. The minimum Gasteiger partial charge on any atom is -0.505 e. The fourth-order valence-corrected chi connectivity index (χ4v) is 3.94. The van der Waals surface area contributed by atoms with Crippen LogP contribution in [-0.4, -0.2) is 60.3 Å². The molecule has 1 aromatic rings. The predicted molar refractivity (Wildman–Crippen MR) is 132 cm³/mol.